The fraction of sp³-hybridized carbons (Fsp3) is 0.500. The third-order valence-corrected chi connectivity index (χ3v) is 6.31. The second kappa shape index (κ2) is 8.86. The Labute approximate surface area is 188 Å². The van der Waals surface area contributed by atoms with E-state index in [4.69, 9.17) is 9.97 Å². The molecule has 5 rings (SSSR count). The summed E-state index contributed by atoms with van der Waals surface area (Å²) in [5.41, 5.74) is 1.29. The zero-order valence-corrected chi connectivity index (χ0v) is 18.8. The van der Waals surface area contributed by atoms with E-state index in [0.29, 0.717) is 19.0 Å². The van der Waals surface area contributed by atoms with Crippen molar-refractivity contribution in [2.45, 2.75) is 51.6 Å². The number of β-amino-alcohol motifs (C(OH)–C–C–N with tert-alkyl or cyclic N) is 1. The number of pyridine rings is 2. The molecule has 0 unspecified atom stereocenters. The number of fused-ring (bicyclic) bond motifs is 1. The normalized spacial score (nSPS) is 16.3. The number of aliphatic hydroxyl groups excluding tert-OH is 1. The Morgan fingerprint density at radius 3 is 2.66 bits per heavy atom. The van der Waals surface area contributed by atoms with Gasteiger partial charge in [-0.05, 0) is 55.2 Å². The van der Waals surface area contributed by atoms with Crippen molar-refractivity contribution in [1.82, 2.24) is 19.9 Å². The molecule has 168 valence electrons. The molecule has 32 heavy (non-hydrogen) atoms. The summed E-state index contributed by atoms with van der Waals surface area (Å²) >= 11 is 0. The highest BCUT2D eigenvalue weighted by atomic mass is 16.3. The lowest BCUT2D eigenvalue weighted by molar-refractivity contribution is 0.141. The van der Waals surface area contributed by atoms with Gasteiger partial charge in [0.2, 0.25) is 5.95 Å². The molecule has 0 atom stereocenters. The predicted molar refractivity (Wildman–Crippen MR) is 128 cm³/mol. The van der Waals surface area contributed by atoms with E-state index in [1.807, 2.05) is 18.5 Å². The molecule has 2 N–H and O–H groups in total. The molecule has 0 spiro atoms. The van der Waals surface area contributed by atoms with Gasteiger partial charge < -0.3 is 20.2 Å². The minimum Gasteiger partial charge on any atom is -0.389 e. The standard InChI is InChI=1S/C24H31N7O/c1-3-5-10-30(4-2)24-25-9-8-21(29-24)28-22-11-18-19(16-6-7-16)12-27-23(20(18)13-26-22)31-14-17(32)15-31/h8-9,11-13,16-17,32H,3-7,10,14-15H2,1-2H3,(H,25,26,28,29). The van der Waals surface area contributed by atoms with E-state index >= 15 is 0 Å². The van der Waals surface area contributed by atoms with Crippen LogP contribution in [0.2, 0.25) is 0 Å². The van der Waals surface area contributed by atoms with Gasteiger partial charge in [0.15, 0.2) is 0 Å². The van der Waals surface area contributed by atoms with E-state index in [9.17, 15) is 5.11 Å². The Hall–Kier alpha value is -3.00. The summed E-state index contributed by atoms with van der Waals surface area (Å²) in [5.74, 6) is 3.74. The van der Waals surface area contributed by atoms with E-state index in [0.717, 1.165) is 54.7 Å². The smallest absolute Gasteiger partial charge is 0.227 e. The monoisotopic (exact) mass is 433 g/mol. The maximum atomic E-state index is 9.73. The first-order valence-corrected chi connectivity index (χ1v) is 11.7. The molecule has 2 fully saturated rings. The highest BCUT2D eigenvalue weighted by Crippen LogP contribution is 2.44. The van der Waals surface area contributed by atoms with Gasteiger partial charge in [-0.15, -0.1) is 0 Å². The number of unbranched alkanes of at least 4 members (excludes halogenated alkanes) is 1. The summed E-state index contributed by atoms with van der Waals surface area (Å²) in [4.78, 5) is 22.9. The fourth-order valence-corrected chi connectivity index (χ4v) is 4.26. The largest absolute Gasteiger partial charge is 0.389 e. The summed E-state index contributed by atoms with van der Waals surface area (Å²) in [6.07, 6.45) is 10.1. The molecule has 1 aliphatic heterocycles. The van der Waals surface area contributed by atoms with Crippen molar-refractivity contribution < 1.29 is 5.11 Å². The zero-order chi connectivity index (χ0) is 22.1. The lowest BCUT2D eigenvalue weighted by Gasteiger charge is -2.37. The van der Waals surface area contributed by atoms with Crippen molar-refractivity contribution in [3.63, 3.8) is 0 Å². The number of hydrogen-bond acceptors (Lipinski definition) is 8. The van der Waals surface area contributed by atoms with Crippen molar-refractivity contribution >= 4 is 34.2 Å². The Morgan fingerprint density at radius 1 is 1.09 bits per heavy atom. The SMILES string of the molecule is CCCCN(CC)c1nccc(Nc2cc3c(C4CC4)cnc(N4CC(O)C4)c3cn2)n1. The first kappa shape index (κ1) is 20.9. The van der Waals surface area contributed by atoms with E-state index < -0.39 is 0 Å². The van der Waals surface area contributed by atoms with Crippen molar-refractivity contribution in [2.24, 2.45) is 0 Å². The molecular weight excluding hydrogens is 402 g/mol. The minimum atomic E-state index is -0.268. The molecule has 3 aromatic heterocycles. The Balaban J connectivity index is 1.44. The van der Waals surface area contributed by atoms with Crippen molar-refractivity contribution in [1.29, 1.82) is 0 Å². The minimum absolute atomic E-state index is 0.268. The van der Waals surface area contributed by atoms with Gasteiger partial charge in [-0.3, -0.25) is 0 Å². The van der Waals surface area contributed by atoms with Gasteiger partial charge in [0.25, 0.3) is 0 Å². The van der Waals surface area contributed by atoms with Crippen LogP contribution >= 0.6 is 0 Å². The van der Waals surface area contributed by atoms with Crippen LogP contribution in [-0.2, 0) is 0 Å². The molecule has 4 heterocycles. The quantitative estimate of drug-likeness (QED) is 0.526. The number of aromatic nitrogens is 4. The third-order valence-electron chi connectivity index (χ3n) is 6.31. The second-order valence-corrected chi connectivity index (χ2v) is 8.79. The van der Waals surface area contributed by atoms with Crippen molar-refractivity contribution in [3.05, 3.63) is 36.3 Å². The van der Waals surface area contributed by atoms with Crippen LogP contribution in [0.4, 0.5) is 23.4 Å². The van der Waals surface area contributed by atoms with E-state index in [2.05, 4.69) is 45.0 Å². The molecule has 1 aliphatic carbocycles. The first-order valence-electron chi connectivity index (χ1n) is 11.7. The molecular formula is C24H31N7O. The molecule has 8 nitrogen and oxygen atoms in total. The van der Waals surface area contributed by atoms with Crippen LogP contribution in [0, 0.1) is 0 Å². The van der Waals surface area contributed by atoms with Crippen LogP contribution < -0.4 is 15.1 Å². The number of hydrogen-bond donors (Lipinski definition) is 2. The Bertz CT molecular complexity index is 1090. The number of nitrogens with zero attached hydrogens (tertiary/aromatic N) is 6. The summed E-state index contributed by atoms with van der Waals surface area (Å²) < 4.78 is 0. The summed E-state index contributed by atoms with van der Waals surface area (Å²) in [5, 5.41) is 15.3. The van der Waals surface area contributed by atoms with Crippen LogP contribution in [0.15, 0.2) is 30.7 Å². The Morgan fingerprint density at radius 2 is 1.94 bits per heavy atom. The Kier molecular flexibility index (Phi) is 5.78. The molecule has 8 heteroatoms. The molecule has 1 saturated carbocycles. The third kappa shape index (κ3) is 4.19. The number of nitrogens with one attached hydrogen (secondary N) is 1. The molecule has 3 aromatic rings. The van der Waals surface area contributed by atoms with Crippen LogP contribution in [0.25, 0.3) is 10.8 Å². The number of rotatable bonds is 9. The number of aliphatic hydroxyl groups is 1. The average Bonchev–Trinajstić information content (AvgIpc) is 3.62. The highest BCUT2D eigenvalue weighted by Gasteiger charge is 2.30. The van der Waals surface area contributed by atoms with E-state index in [-0.39, 0.29) is 6.10 Å². The van der Waals surface area contributed by atoms with Gasteiger partial charge in [-0.1, -0.05) is 13.3 Å². The molecule has 0 amide bonds. The van der Waals surface area contributed by atoms with Crippen molar-refractivity contribution in [2.75, 3.05) is 41.3 Å². The van der Waals surface area contributed by atoms with Gasteiger partial charge >= 0.3 is 0 Å². The molecule has 0 radical (unpaired) electrons. The van der Waals surface area contributed by atoms with Crippen LogP contribution in [-0.4, -0.2) is 57.3 Å². The topological polar surface area (TPSA) is 90.3 Å². The predicted octanol–water partition coefficient (Wildman–Crippen LogP) is 3.85. The van der Waals surface area contributed by atoms with E-state index in [1.165, 1.54) is 23.8 Å². The number of anilines is 4. The van der Waals surface area contributed by atoms with Gasteiger partial charge in [0, 0.05) is 50.2 Å². The van der Waals surface area contributed by atoms with E-state index in [1.54, 1.807) is 6.20 Å². The van der Waals surface area contributed by atoms with Gasteiger partial charge in [0.1, 0.15) is 17.5 Å². The summed E-state index contributed by atoms with van der Waals surface area (Å²) in [6.45, 7) is 7.41. The fourth-order valence-electron chi connectivity index (χ4n) is 4.26. The molecule has 2 aliphatic rings. The van der Waals surface area contributed by atoms with Crippen LogP contribution in [0.5, 0.6) is 0 Å². The average molecular weight is 434 g/mol. The lowest BCUT2D eigenvalue weighted by atomic mass is 10.0. The van der Waals surface area contributed by atoms with Gasteiger partial charge in [0.05, 0.1) is 6.10 Å². The maximum Gasteiger partial charge on any atom is 0.227 e. The van der Waals surface area contributed by atoms with Crippen molar-refractivity contribution in [3.8, 4) is 0 Å². The highest BCUT2D eigenvalue weighted by molar-refractivity contribution is 5.96. The molecule has 0 aromatic carbocycles. The second-order valence-electron chi connectivity index (χ2n) is 8.79. The lowest BCUT2D eigenvalue weighted by Crippen LogP contribution is -2.51. The van der Waals surface area contributed by atoms with Gasteiger partial charge in [-0.25, -0.2) is 15.0 Å². The molecule has 0 bridgehead atoms. The molecule has 1 saturated heterocycles. The zero-order valence-electron chi connectivity index (χ0n) is 18.8. The van der Waals surface area contributed by atoms with Gasteiger partial charge in [-0.2, -0.15) is 4.98 Å². The van der Waals surface area contributed by atoms with Crippen LogP contribution in [0.1, 0.15) is 51.0 Å². The summed E-state index contributed by atoms with van der Waals surface area (Å²) in [6, 6.07) is 3.99. The maximum absolute atomic E-state index is 9.73. The first-order chi connectivity index (χ1) is 15.7. The van der Waals surface area contributed by atoms with Crippen LogP contribution in [0.3, 0.4) is 0 Å². The summed E-state index contributed by atoms with van der Waals surface area (Å²) in [7, 11) is 0.